The number of H-pyrrole nitrogens is 1. The fourth-order valence-electron chi connectivity index (χ4n) is 2.65. The fraction of sp³-hybridized carbons (Fsp3) is 0.0588. The molecule has 2 aromatic carbocycles. The number of benzene rings is 2. The maximum atomic E-state index is 12.7. The number of rotatable bonds is 5. The summed E-state index contributed by atoms with van der Waals surface area (Å²) in [6.07, 6.45) is 0. The molecule has 1 heterocycles. The van der Waals surface area contributed by atoms with Gasteiger partial charge in [-0.25, -0.2) is 0 Å². The lowest BCUT2D eigenvalue weighted by Crippen LogP contribution is -2.29. The molecule has 0 aliphatic carbocycles. The van der Waals surface area contributed by atoms with Crippen LogP contribution in [-0.2, 0) is 0 Å². The number of nitrogens with one attached hydrogen (secondary N) is 1. The number of thiocarbonyl (C=S) groups is 1. The molecular weight excluding hydrogens is 414 g/mol. The van der Waals surface area contributed by atoms with Crippen molar-refractivity contribution in [2.75, 3.05) is 0 Å². The van der Waals surface area contributed by atoms with E-state index < -0.39 is 15.4 Å². The van der Waals surface area contributed by atoms with Gasteiger partial charge in [0.25, 0.3) is 11.4 Å². The second-order valence-corrected chi connectivity index (χ2v) is 6.41. The molecule has 30 heavy (non-hydrogen) atoms. The summed E-state index contributed by atoms with van der Waals surface area (Å²) in [6, 6.07) is 9.65. The van der Waals surface area contributed by atoms with Gasteiger partial charge in [0.2, 0.25) is 0 Å². The van der Waals surface area contributed by atoms with Crippen molar-refractivity contribution in [1.82, 2.24) is 9.78 Å². The number of nitrogens with two attached hydrogens (primary N) is 1. The summed E-state index contributed by atoms with van der Waals surface area (Å²) in [5, 5.41) is 32.3. The van der Waals surface area contributed by atoms with E-state index in [4.69, 9.17) is 18.0 Å². The third-order valence-electron chi connectivity index (χ3n) is 4.18. The van der Waals surface area contributed by atoms with Gasteiger partial charge in [-0.3, -0.25) is 30.1 Å². The standard InChI is InChI=1S/C17H13N7O5S/c1-9-12(3-2-4-13(9)24(28)29)19-20-15-14(21-22(16(15)25)17(18)30)10-5-7-11(8-6-10)23(26)27/h2-8,21H,1H3,(H2,18,30). The van der Waals surface area contributed by atoms with Gasteiger partial charge in [-0.2, -0.15) is 4.68 Å². The molecule has 0 saturated heterocycles. The van der Waals surface area contributed by atoms with Crippen LogP contribution in [0.4, 0.5) is 22.7 Å². The molecule has 0 radical (unpaired) electrons. The SMILES string of the molecule is Cc1c(N=Nc2c(-c3ccc([N+](=O)[O-])cc3)[nH]n(C(N)=S)c2=O)cccc1[N+](=O)[O-]. The van der Waals surface area contributed by atoms with Crippen molar-refractivity contribution in [2.45, 2.75) is 6.92 Å². The van der Waals surface area contributed by atoms with Gasteiger partial charge in [-0.15, -0.1) is 10.2 Å². The topological polar surface area (TPSA) is 175 Å². The highest BCUT2D eigenvalue weighted by Crippen LogP contribution is 2.31. The van der Waals surface area contributed by atoms with Gasteiger partial charge in [0.1, 0.15) is 0 Å². The Labute approximate surface area is 172 Å². The van der Waals surface area contributed by atoms with E-state index >= 15 is 0 Å². The quantitative estimate of drug-likeness (QED) is 0.271. The first-order valence-electron chi connectivity index (χ1n) is 8.26. The zero-order valence-electron chi connectivity index (χ0n) is 15.3. The molecule has 0 saturated carbocycles. The van der Waals surface area contributed by atoms with E-state index in [0.717, 1.165) is 4.68 Å². The first-order valence-corrected chi connectivity index (χ1v) is 8.67. The second-order valence-electron chi connectivity index (χ2n) is 6.00. The predicted molar refractivity (Wildman–Crippen MR) is 111 cm³/mol. The van der Waals surface area contributed by atoms with Crippen LogP contribution in [0.5, 0.6) is 0 Å². The molecular formula is C17H13N7O5S. The van der Waals surface area contributed by atoms with Crippen LogP contribution in [-0.4, -0.2) is 24.7 Å². The molecule has 152 valence electrons. The van der Waals surface area contributed by atoms with Gasteiger partial charge in [-0.1, -0.05) is 6.07 Å². The summed E-state index contributed by atoms with van der Waals surface area (Å²) in [4.78, 5) is 33.5. The first kappa shape index (κ1) is 20.5. The molecule has 0 aliphatic rings. The Morgan fingerprint density at radius 3 is 2.33 bits per heavy atom. The molecule has 0 atom stereocenters. The van der Waals surface area contributed by atoms with E-state index in [-0.39, 0.29) is 39.1 Å². The lowest BCUT2D eigenvalue weighted by Gasteiger charge is -2.01. The highest BCUT2D eigenvalue weighted by Gasteiger charge is 2.19. The molecule has 0 bridgehead atoms. The molecule has 0 amide bonds. The predicted octanol–water partition coefficient (Wildman–Crippen LogP) is 3.48. The van der Waals surface area contributed by atoms with Crippen molar-refractivity contribution in [2.24, 2.45) is 16.0 Å². The third-order valence-corrected chi connectivity index (χ3v) is 4.37. The van der Waals surface area contributed by atoms with Crippen molar-refractivity contribution in [3.63, 3.8) is 0 Å². The van der Waals surface area contributed by atoms with Gasteiger partial charge in [0.05, 0.1) is 26.8 Å². The van der Waals surface area contributed by atoms with Crippen molar-refractivity contribution in [1.29, 1.82) is 0 Å². The first-order chi connectivity index (χ1) is 14.2. The molecule has 3 rings (SSSR count). The highest BCUT2D eigenvalue weighted by atomic mass is 32.1. The van der Waals surface area contributed by atoms with Crippen molar-refractivity contribution < 1.29 is 9.85 Å². The number of hydrogen-bond acceptors (Lipinski definition) is 8. The Morgan fingerprint density at radius 1 is 1.10 bits per heavy atom. The molecule has 0 unspecified atom stereocenters. The van der Waals surface area contributed by atoms with Crippen LogP contribution in [0.25, 0.3) is 11.3 Å². The zero-order chi connectivity index (χ0) is 22.0. The third kappa shape index (κ3) is 3.81. The summed E-state index contributed by atoms with van der Waals surface area (Å²) < 4.78 is 0.876. The molecule has 3 aromatic rings. The minimum Gasteiger partial charge on any atom is -0.374 e. The smallest absolute Gasteiger partial charge is 0.301 e. The number of azo groups is 1. The average Bonchev–Trinajstić information content (AvgIpc) is 3.03. The van der Waals surface area contributed by atoms with Crippen LogP contribution in [0.1, 0.15) is 5.56 Å². The molecule has 0 fully saturated rings. The van der Waals surface area contributed by atoms with Crippen LogP contribution < -0.4 is 11.3 Å². The maximum Gasteiger partial charge on any atom is 0.301 e. The minimum atomic E-state index is -0.692. The summed E-state index contributed by atoms with van der Waals surface area (Å²) >= 11 is 4.84. The Kier molecular flexibility index (Phi) is 5.46. The number of nitro benzene ring substituents is 2. The summed E-state index contributed by atoms with van der Waals surface area (Å²) in [7, 11) is 0. The Hall–Kier alpha value is -4.26. The molecule has 12 nitrogen and oxygen atoms in total. The maximum absolute atomic E-state index is 12.7. The van der Waals surface area contributed by atoms with Crippen molar-refractivity contribution >= 4 is 40.1 Å². The van der Waals surface area contributed by atoms with Crippen LogP contribution in [0, 0.1) is 27.2 Å². The second kappa shape index (κ2) is 8.00. The monoisotopic (exact) mass is 427 g/mol. The van der Waals surface area contributed by atoms with Gasteiger partial charge in [0, 0.05) is 23.8 Å². The summed E-state index contributed by atoms with van der Waals surface area (Å²) in [5.41, 5.74) is 5.46. The number of non-ortho nitro benzene ring substituents is 1. The van der Waals surface area contributed by atoms with Gasteiger partial charge in [0.15, 0.2) is 10.8 Å². The van der Waals surface area contributed by atoms with E-state index in [1.807, 2.05) is 0 Å². The van der Waals surface area contributed by atoms with Gasteiger partial charge < -0.3 is 5.73 Å². The molecule has 0 spiro atoms. The lowest BCUT2D eigenvalue weighted by molar-refractivity contribution is -0.385. The number of aromatic amines is 1. The molecule has 3 N–H and O–H groups in total. The normalized spacial score (nSPS) is 11.0. The largest absolute Gasteiger partial charge is 0.374 e. The van der Waals surface area contributed by atoms with E-state index in [9.17, 15) is 25.0 Å². The molecule has 1 aromatic heterocycles. The van der Waals surface area contributed by atoms with E-state index in [1.54, 1.807) is 0 Å². The Morgan fingerprint density at radius 2 is 1.77 bits per heavy atom. The van der Waals surface area contributed by atoms with E-state index in [1.165, 1.54) is 49.4 Å². The van der Waals surface area contributed by atoms with Crippen LogP contribution in [0.15, 0.2) is 57.5 Å². The lowest BCUT2D eigenvalue weighted by atomic mass is 10.1. The summed E-state index contributed by atoms with van der Waals surface area (Å²) in [5.74, 6) is 0. The van der Waals surface area contributed by atoms with Gasteiger partial charge in [-0.05, 0) is 37.3 Å². The molecule has 13 heteroatoms. The van der Waals surface area contributed by atoms with Crippen LogP contribution in [0.3, 0.4) is 0 Å². The van der Waals surface area contributed by atoms with Crippen LogP contribution in [0.2, 0.25) is 0 Å². The highest BCUT2D eigenvalue weighted by molar-refractivity contribution is 7.80. The number of aromatic nitrogens is 2. The Balaban J connectivity index is 2.13. The van der Waals surface area contributed by atoms with Gasteiger partial charge >= 0.3 is 5.56 Å². The minimum absolute atomic E-state index is 0.134. The number of hydrogen-bond donors (Lipinski definition) is 2. The zero-order valence-corrected chi connectivity index (χ0v) is 16.1. The van der Waals surface area contributed by atoms with Crippen LogP contribution >= 0.6 is 12.2 Å². The number of nitro groups is 2. The van der Waals surface area contributed by atoms with Crippen molar-refractivity contribution in [3.05, 3.63) is 78.6 Å². The molecule has 0 aliphatic heterocycles. The average molecular weight is 427 g/mol. The van der Waals surface area contributed by atoms with E-state index in [0.29, 0.717) is 5.56 Å². The summed E-state index contributed by atoms with van der Waals surface area (Å²) in [6.45, 7) is 1.51. The van der Waals surface area contributed by atoms with E-state index in [2.05, 4.69) is 15.3 Å². The van der Waals surface area contributed by atoms with Crippen molar-refractivity contribution in [3.8, 4) is 11.3 Å². The fourth-order valence-corrected chi connectivity index (χ4v) is 2.78. The Bertz CT molecular complexity index is 1260. The number of nitrogens with zero attached hydrogens (tertiary/aromatic N) is 5.